The van der Waals surface area contributed by atoms with Crippen LogP contribution in [0.2, 0.25) is 0 Å². The van der Waals surface area contributed by atoms with E-state index in [2.05, 4.69) is 10.6 Å². The van der Waals surface area contributed by atoms with Gasteiger partial charge in [-0.2, -0.15) is 0 Å². The standard InChI is InChI=1S/C8H6O4.2C5H11NO/c9-7(10)5-3-1-2-4-6(5)8(11)12;2*1-5(2)6-3-4-7-5/h1-4H,(H,9,10)(H,11,12);2*6H,3-4H2,1-2H3. The Morgan fingerprint density at radius 2 is 1.19 bits per heavy atom. The molecule has 2 fully saturated rings. The molecule has 1 aromatic rings. The molecule has 2 aliphatic rings. The Morgan fingerprint density at radius 1 is 0.846 bits per heavy atom. The first-order valence-corrected chi connectivity index (χ1v) is 8.38. The average molecular weight is 368 g/mol. The lowest BCUT2D eigenvalue weighted by molar-refractivity contribution is 0.0230. The summed E-state index contributed by atoms with van der Waals surface area (Å²) in [6, 6.07) is 5.48. The highest BCUT2D eigenvalue weighted by Crippen LogP contribution is 2.09. The van der Waals surface area contributed by atoms with Crippen LogP contribution in [-0.4, -0.2) is 59.9 Å². The van der Waals surface area contributed by atoms with Crippen LogP contribution in [0, 0.1) is 0 Å². The highest BCUT2D eigenvalue weighted by atomic mass is 16.5. The highest BCUT2D eigenvalue weighted by molar-refractivity contribution is 6.01. The lowest BCUT2D eigenvalue weighted by atomic mass is 10.1. The van der Waals surface area contributed by atoms with Crippen LogP contribution in [-0.2, 0) is 9.47 Å². The van der Waals surface area contributed by atoms with E-state index in [1.165, 1.54) is 24.3 Å². The zero-order chi connectivity index (χ0) is 19.8. The second-order valence-electron chi connectivity index (χ2n) is 6.73. The van der Waals surface area contributed by atoms with Gasteiger partial charge in [-0.15, -0.1) is 0 Å². The van der Waals surface area contributed by atoms with E-state index < -0.39 is 11.9 Å². The van der Waals surface area contributed by atoms with Crippen molar-refractivity contribution in [3.63, 3.8) is 0 Å². The minimum Gasteiger partial charge on any atom is -0.478 e. The monoisotopic (exact) mass is 368 g/mol. The maximum absolute atomic E-state index is 10.5. The molecule has 8 heteroatoms. The van der Waals surface area contributed by atoms with Gasteiger partial charge in [0.2, 0.25) is 0 Å². The molecule has 2 heterocycles. The minimum absolute atomic E-state index is 0.0556. The number of nitrogens with one attached hydrogen (secondary N) is 2. The highest BCUT2D eigenvalue weighted by Gasteiger charge is 2.22. The van der Waals surface area contributed by atoms with Gasteiger partial charge in [0.1, 0.15) is 11.4 Å². The third kappa shape index (κ3) is 7.92. The van der Waals surface area contributed by atoms with Gasteiger partial charge >= 0.3 is 11.9 Å². The Labute approximate surface area is 153 Å². The van der Waals surface area contributed by atoms with Gasteiger partial charge in [-0.1, -0.05) is 12.1 Å². The molecule has 0 radical (unpaired) electrons. The van der Waals surface area contributed by atoms with Crippen LogP contribution in [0.3, 0.4) is 0 Å². The molecular formula is C18H28N2O6. The summed E-state index contributed by atoms with van der Waals surface area (Å²) in [7, 11) is 0. The molecule has 0 spiro atoms. The van der Waals surface area contributed by atoms with Crippen LogP contribution in [0.25, 0.3) is 0 Å². The molecule has 146 valence electrons. The summed E-state index contributed by atoms with van der Waals surface area (Å²) in [5.41, 5.74) is -0.491. The van der Waals surface area contributed by atoms with Crippen molar-refractivity contribution in [3.8, 4) is 0 Å². The second kappa shape index (κ2) is 9.63. The van der Waals surface area contributed by atoms with Crippen molar-refractivity contribution >= 4 is 11.9 Å². The number of carbonyl (C=O) groups is 2. The zero-order valence-corrected chi connectivity index (χ0v) is 15.7. The molecule has 0 aliphatic carbocycles. The number of aromatic carboxylic acids is 2. The number of ether oxygens (including phenoxy) is 2. The maximum atomic E-state index is 10.5. The molecule has 8 nitrogen and oxygen atoms in total. The molecule has 0 amide bonds. The summed E-state index contributed by atoms with van der Waals surface area (Å²) in [4.78, 5) is 20.9. The normalized spacial score (nSPS) is 19.5. The van der Waals surface area contributed by atoms with Gasteiger partial charge in [-0.25, -0.2) is 9.59 Å². The predicted octanol–water partition coefficient (Wildman–Crippen LogP) is 1.77. The van der Waals surface area contributed by atoms with Crippen LogP contribution < -0.4 is 10.6 Å². The van der Waals surface area contributed by atoms with Crippen molar-refractivity contribution in [2.24, 2.45) is 0 Å². The molecule has 2 saturated heterocycles. The van der Waals surface area contributed by atoms with Crippen LogP contribution in [0.15, 0.2) is 24.3 Å². The zero-order valence-electron chi connectivity index (χ0n) is 15.7. The lowest BCUT2D eigenvalue weighted by Gasteiger charge is -2.15. The number of rotatable bonds is 2. The molecule has 0 bridgehead atoms. The van der Waals surface area contributed by atoms with E-state index in [9.17, 15) is 9.59 Å². The van der Waals surface area contributed by atoms with Crippen molar-refractivity contribution in [2.45, 2.75) is 39.1 Å². The number of carboxylic acids is 2. The van der Waals surface area contributed by atoms with E-state index in [0.717, 1.165) is 26.3 Å². The van der Waals surface area contributed by atoms with Gasteiger partial charge in [-0.3, -0.25) is 10.6 Å². The van der Waals surface area contributed by atoms with Gasteiger partial charge in [0.25, 0.3) is 0 Å². The smallest absolute Gasteiger partial charge is 0.336 e. The largest absolute Gasteiger partial charge is 0.478 e. The van der Waals surface area contributed by atoms with E-state index in [-0.39, 0.29) is 22.6 Å². The molecule has 4 N–H and O–H groups in total. The fourth-order valence-electron chi connectivity index (χ4n) is 2.27. The van der Waals surface area contributed by atoms with E-state index in [4.69, 9.17) is 19.7 Å². The molecule has 0 aromatic heterocycles. The maximum Gasteiger partial charge on any atom is 0.336 e. The van der Waals surface area contributed by atoms with Crippen molar-refractivity contribution in [1.82, 2.24) is 10.6 Å². The molecular weight excluding hydrogens is 340 g/mol. The van der Waals surface area contributed by atoms with E-state index in [1.807, 2.05) is 27.7 Å². The number of carboxylic acid groups (broad SMARTS) is 2. The minimum atomic E-state index is -1.23. The molecule has 0 unspecified atom stereocenters. The van der Waals surface area contributed by atoms with Gasteiger partial charge in [0.05, 0.1) is 24.3 Å². The second-order valence-corrected chi connectivity index (χ2v) is 6.73. The van der Waals surface area contributed by atoms with Crippen molar-refractivity contribution < 1.29 is 29.3 Å². The van der Waals surface area contributed by atoms with Gasteiger partial charge < -0.3 is 19.7 Å². The SMILES string of the molecule is CC1(C)NCCO1.CC1(C)NCCO1.O=C(O)c1ccccc1C(=O)O. The first-order valence-electron chi connectivity index (χ1n) is 8.38. The summed E-state index contributed by atoms with van der Waals surface area (Å²) in [6.45, 7) is 11.8. The number of hydrogen-bond donors (Lipinski definition) is 4. The Morgan fingerprint density at radius 3 is 1.35 bits per heavy atom. The summed E-state index contributed by atoms with van der Waals surface area (Å²) >= 11 is 0. The van der Waals surface area contributed by atoms with Gasteiger partial charge in [-0.05, 0) is 39.8 Å². The van der Waals surface area contributed by atoms with Gasteiger partial charge in [0.15, 0.2) is 0 Å². The van der Waals surface area contributed by atoms with Gasteiger partial charge in [0, 0.05) is 13.1 Å². The van der Waals surface area contributed by atoms with Crippen molar-refractivity contribution in [1.29, 1.82) is 0 Å². The van der Waals surface area contributed by atoms with Crippen LogP contribution in [0.5, 0.6) is 0 Å². The fourth-order valence-corrected chi connectivity index (χ4v) is 2.27. The quantitative estimate of drug-likeness (QED) is 0.624. The van der Waals surface area contributed by atoms with E-state index in [1.54, 1.807) is 0 Å². The fraction of sp³-hybridized carbons (Fsp3) is 0.556. The van der Waals surface area contributed by atoms with Crippen LogP contribution >= 0.6 is 0 Å². The molecule has 3 rings (SSSR count). The summed E-state index contributed by atoms with van der Waals surface area (Å²) in [5.74, 6) is -2.46. The Balaban J connectivity index is 0.000000207. The predicted molar refractivity (Wildman–Crippen MR) is 96.4 cm³/mol. The van der Waals surface area contributed by atoms with Crippen LogP contribution in [0.1, 0.15) is 48.4 Å². The third-order valence-electron chi connectivity index (χ3n) is 3.62. The van der Waals surface area contributed by atoms with Crippen molar-refractivity contribution in [2.75, 3.05) is 26.3 Å². The average Bonchev–Trinajstić information content (AvgIpc) is 3.15. The van der Waals surface area contributed by atoms with Crippen molar-refractivity contribution in [3.05, 3.63) is 35.4 Å². The third-order valence-corrected chi connectivity index (χ3v) is 3.62. The number of hydrogen-bond acceptors (Lipinski definition) is 6. The molecule has 0 atom stereocenters. The Kier molecular flexibility index (Phi) is 8.16. The molecule has 26 heavy (non-hydrogen) atoms. The first-order chi connectivity index (χ1) is 12.0. The lowest BCUT2D eigenvalue weighted by Crippen LogP contribution is -2.33. The molecule has 2 aliphatic heterocycles. The Bertz CT molecular complexity index is 546. The first kappa shape index (κ1) is 22.0. The topological polar surface area (TPSA) is 117 Å². The van der Waals surface area contributed by atoms with E-state index in [0.29, 0.717) is 0 Å². The summed E-state index contributed by atoms with van der Waals surface area (Å²) < 4.78 is 10.5. The summed E-state index contributed by atoms with van der Waals surface area (Å²) in [6.07, 6.45) is 0. The molecule has 0 saturated carbocycles. The molecule has 1 aromatic carbocycles. The van der Waals surface area contributed by atoms with E-state index >= 15 is 0 Å². The summed E-state index contributed by atoms with van der Waals surface area (Å²) in [5, 5.41) is 23.4. The van der Waals surface area contributed by atoms with Crippen LogP contribution in [0.4, 0.5) is 0 Å². The Hall–Kier alpha value is -2.00. The number of benzene rings is 1.